The molecule has 1 heterocycles. The van der Waals surface area contributed by atoms with Crippen LogP contribution in [0.25, 0.3) is 11.0 Å². The van der Waals surface area contributed by atoms with E-state index >= 15 is 0 Å². The normalized spacial score (nSPS) is 11.2. The first-order valence-corrected chi connectivity index (χ1v) is 6.90. The van der Waals surface area contributed by atoms with E-state index in [1.54, 1.807) is 0 Å². The highest BCUT2D eigenvalue weighted by Gasteiger charge is 2.07. The molecule has 5 nitrogen and oxygen atoms in total. The van der Waals surface area contributed by atoms with Gasteiger partial charge in [-0.15, -0.1) is 0 Å². The largest absolute Gasteiger partial charge is 0.494 e. The van der Waals surface area contributed by atoms with Crippen LogP contribution < -0.4 is 4.74 Å². The fraction of sp³-hybridized carbons (Fsp3) is 0.467. The number of hydrogen-bond donors (Lipinski definition) is 2. The number of aliphatic carboxylic acids is 1. The summed E-state index contributed by atoms with van der Waals surface area (Å²) in [7, 11) is 0. The van der Waals surface area contributed by atoms with Crippen molar-refractivity contribution in [2.24, 2.45) is 0 Å². The summed E-state index contributed by atoms with van der Waals surface area (Å²) in [5.41, 5.74) is 1.91. The molecule has 0 fully saturated rings. The van der Waals surface area contributed by atoms with Crippen molar-refractivity contribution in [1.29, 1.82) is 0 Å². The molecule has 108 valence electrons. The monoisotopic (exact) mass is 276 g/mol. The maximum atomic E-state index is 10.4. The van der Waals surface area contributed by atoms with E-state index in [2.05, 4.69) is 23.8 Å². The van der Waals surface area contributed by atoms with Crippen LogP contribution in [-0.4, -0.2) is 27.7 Å². The average Bonchev–Trinajstić information content (AvgIpc) is 2.81. The zero-order valence-corrected chi connectivity index (χ0v) is 11.8. The van der Waals surface area contributed by atoms with Gasteiger partial charge in [-0.3, -0.25) is 4.79 Å². The van der Waals surface area contributed by atoms with Crippen LogP contribution >= 0.6 is 0 Å². The Kier molecular flexibility index (Phi) is 4.61. The molecule has 0 aliphatic carbocycles. The highest BCUT2D eigenvalue weighted by molar-refractivity contribution is 5.76. The lowest BCUT2D eigenvalue weighted by Gasteiger charge is -2.05. The Morgan fingerprint density at radius 2 is 2.20 bits per heavy atom. The number of rotatable bonds is 7. The number of fused-ring (bicyclic) bond motifs is 1. The van der Waals surface area contributed by atoms with E-state index in [1.165, 1.54) is 0 Å². The number of hydrogen-bond acceptors (Lipinski definition) is 3. The summed E-state index contributed by atoms with van der Waals surface area (Å²) in [5, 5.41) is 8.54. The summed E-state index contributed by atoms with van der Waals surface area (Å²) in [6.07, 6.45) is 1.57. The van der Waals surface area contributed by atoms with Crippen molar-refractivity contribution in [3.63, 3.8) is 0 Å². The topological polar surface area (TPSA) is 75.2 Å². The van der Waals surface area contributed by atoms with Crippen molar-refractivity contribution in [2.75, 3.05) is 6.61 Å². The van der Waals surface area contributed by atoms with Crippen LogP contribution in [-0.2, 0) is 4.79 Å². The number of nitrogens with one attached hydrogen (secondary N) is 1. The standard InChI is InChI=1S/C15H20N2O3/c1-10(2)15-16-12-7-6-11(9-13(12)17-15)20-8-4-3-5-14(18)19/h6-7,9-10H,3-5,8H2,1-2H3,(H,16,17)(H,18,19). The number of ether oxygens (including phenoxy) is 1. The predicted molar refractivity (Wildman–Crippen MR) is 77.2 cm³/mol. The Hall–Kier alpha value is -2.04. The van der Waals surface area contributed by atoms with Crippen molar-refractivity contribution < 1.29 is 14.6 Å². The second-order valence-electron chi connectivity index (χ2n) is 5.16. The molecule has 0 radical (unpaired) electrons. The van der Waals surface area contributed by atoms with Crippen molar-refractivity contribution in [3.05, 3.63) is 24.0 Å². The van der Waals surface area contributed by atoms with E-state index in [-0.39, 0.29) is 6.42 Å². The van der Waals surface area contributed by atoms with Gasteiger partial charge < -0.3 is 14.8 Å². The molecular weight excluding hydrogens is 256 g/mol. The maximum absolute atomic E-state index is 10.4. The SMILES string of the molecule is CC(C)c1nc2ccc(OCCCCC(=O)O)cc2[nH]1. The minimum atomic E-state index is -0.759. The van der Waals surface area contributed by atoms with Gasteiger partial charge in [-0.25, -0.2) is 4.98 Å². The molecule has 1 aromatic heterocycles. The number of benzene rings is 1. The van der Waals surface area contributed by atoms with E-state index in [9.17, 15) is 4.79 Å². The zero-order valence-electron chi connectivity index (χ0n) is 11.8. The first-order valence-electron chi connectivity index (χ1n) is 6.90. The summed E-state index contributed by atoms with van der Waals surface area (Å²) in [4.78, 5) is 18.2. The molecule has 2 rings (SSSR count). The predicted octanol–water partition coefficient (Wildman–Crippen LogP) is 3.32. The summed E-state index contributed by atoms with van der Waals surface area (Å²) in [6.45, 7) is 4.72. The third-order valence-corrected chi connectivity index (χ3v) is 3.07. The molecule has 0 unspecified atom stereocenters. The van der Waals surface area contributed by atoms with E-state index in [4.69, 9.17) is 9.84 Å². The minimum absolute atomic E-state index is 0.195. The lowest BCUT2D eigenvalue weighted by molar-refractivity contribution is -0.137. The highest BCUT2D eigenvalue weighted by atomic mass is 16.5. The summed E-state index contributed by atoms with van der Waals surface area (Å²) in [5.74, 6) is 1.36. The lowest BCUT2D eigenvalue weighted by Crippen LogP contribution is -2.00. The fourth-order valence-corrected chi connectivity index (χ4v) is 1.94. The second kappa shape index (κ2) is 6.41. The van der Waals surface area contributed by atoms with E-state index in [0.29, 0.717) is 18.9 Å². The van der Waals surface area contributed by atoms with Gasteiger partial charge in [-0.05, 0) is 25.0 Å². The van der Waals surface area contributed by atoms with Gasteiger partial charge in [0, 0.05) is 18.4 Å². The third kappa shape index (κ3) is 3.73. The molecule has 5 heteroatoms. The molecule has 0 bridgehead atoms. The number of unbranched alkanes of at least 4 members (excludes halogenated alkanes) is 1. The van der Waals surface area contributed by atoms with Gasteiger partial charge in [-0.1, -0.05) is 13.8 Å². The highest BCUT2D eigenvalue weighted by Crippen LogP contribution is 2.22. The summed E-state index contributed by atoms with van der Waals surface area (Å²) < 4.78 is 5.62. The number of H-pyrrole nitrogens is 1. The quantitative estimate of drug-likeness (QED) is 0.761. The molecule has 2 aromatic rings. The van der Waals surface area contributed by atoms with Crippen molar-refractivity contribution in [2.45, 2.75) is 39.0 Å². The van der Waals surface area contributed by atoms with Gasteiger partial charge >= 0.3 is 5.97 Å². The minimum Gasteiger partial charge on any atom is -0.494 e. The first-order chi connectivity index (χ1) is 9.56. The second-order valence-corrected chi connectivity index (χ2v) is 5.16. The number of imidazole rings is 1. The number of carboxylic acids is 1. The number of carboxylic acid groups (broad SMARTS) is 1. The van der Waals surface area contributed by atoms with Crippen molar-refractivity contribution in [1.82, 2.24) is 9.97 Å². The van der Waals surface area contributed by atoms with Gasteiger partial charge in [0.25, 0.3) is 0 Å². The van der Waals surface area contributed by atoms with Crippen LogP contribution in [0.1, 0.15) is 44.9 Å². The van der Waals surface area contributed by atoms with Gasteiger partial charge in [0.2, 0.25) is 0 Å². The molecule has 0 amide bonds. The Balaban J connectivity index is 1.92. The number of nitrogens with zero attached hydrogens (tertiary/aromatic N) is 1. The van der Waals surface area contributed by atoms with Crippen LogP contribution in [0.4, 0.5) is 0 Å². The molecule has 0 aliphatic heterocycles. The van der Waals surface area contributed by atoms with Gasteiger partial charge in [0.15, 0.2) is 0 Å². The first kappa shape index (κ1) is 14.4. The molecule has 0 aliphatic rings. The van der Waals surface area contributed by atoms with Crippen LogP contribution in [0.15, 0.2) is 18.2 Å². The molecule has 1 aromatic carbocycles. The maximum Gasteiger partial charge on any atom is 0.303 e. The van der Waals surface area contributed by atoms with Gasteiger partial charge in [-0.2, -0.15) is 0 Å². The Bertz CT molecular complexity index is 590. The van der Waals surface area contributed by atoms with Crippen molar-refractivity contribution >= 4 is 17.0 Å². The molecule has 0 saturated carbocycles. The lowest BCUT2D eigenvalue weighted by atomic mass is 10.2. The van der Waals surface area contributed by atoms with E-state index in [1.807, 2.05) is 18.2 Å². The molecule has 20 heavy (non-hydrogen) atoms. The molecule has 0 spiro atoms. The number of carbonyl (C=O) groups is 1. The molecule has 2 N–H and O–H groups in total. The number of aromatic amines is 1. The average molecular weight is 276 g/mol. The van der Waals surface area contributed by atoms with Crippen LogP contribution in [0.3, 0.4) is 0 Å². The van der Waals surface area contributed by atoms with Crippen molar-refractivity contribution in [3.8, 4) is 5.75 Å². The van der Waals surface area contributed by atoms with Crippen LogP contribution in [0.5, 0.6) is 5.75 Å². The van der Waals surface area contributed by atoms with Crippen LogP contribution in [0, 0.1) is 0 Å². The fourth-order valence-electron chi connectivity index (χ4n) is 1.94. The third-order valence-electron chi connectivity index (χ3n) is 3.07. The summed E-state index contributed by atoms with van der Waals surface area (Å²) >= 11 is 0. The van der Waals surface area contributed by atoms with Gasteiger partial charge in [0.05, 0.1) is 17.6 Å². The summed E-state index contributed by atoms with van der Waals surface area (Å²) in [6, 6.07) is 5.76. The molecule has 0 saturated heterocycles. The number of aromatic nitrogens is 2. The van der Waals surface area contributed by atoms with E-state index < -0.39 is 5.97 Å². The molecule has 0 atom stereocenters. The van der Waals surface area contributed by atoms with E-state index in [0.717, 1.165) is 29.0 Å². The van der Waals surface area contributed by atoms with Gasteiger partial charge in [0.1, 0.15) is 11.6 Å². The molecular formula is C15H20N2O3. The Morgan fingerprint density at radius 1 is 1.40 bits per heavy atom. The zero-order chi connectivity index (χ0) is 14.5. The van der Waals surface area contributed by atoms with Crippen LogP contribution in [0.2, 0.25) is 0 Å². The smallest absolute Gasteiger partial charge is 0.303 e. The Morgan fingerprint density at radius 3 is 2.90 bits per heavy atom. The Labute approximate surface area is 118 Å².